The molecule has 3 heteroatoms. The molecule has 1 unspecified atom stereocenters. The summed E-state index contributed by atoms with van der Waals surface area (Å²) in [5.74, 6) is 1.04. The van der Waals surface area contributed by atoms with Gasteiger partial charge in [-0.25, -0.2) is 0 Å². The Morgan fingerprint density at radius 1 is 1.44 bits per heavy atom. The number of hydrogen-bond acceptors (Lipinski definition) is 3. The molecule has 100 valence electrons. The zero-order chi connectivity index (χ0) is 13.2. The molecule has 0 aromatic heterocycles. The number of unbranched alkanes of at least 4 members (excludes halogenated alkanes) is 1. The Morgan fingerprint density at radius 2 is 2.11 bits per heavy atom. The summed E-state index contributed by atoms with van der Waals surface area (Å²) in [7, 11) is 1.65. The zero-order valence-electron chi connectivity index (χ0n) is 11.2. The van der Waals surface area contributed by atoms with Crippen LogP contribution in [0.25, 0.3) is 0 Å². The van der Waals surface area contributed by atoms with E-state index in [4.69, 9.17) is 10.5 Å². The molecule has 1 aliphatic carbocycles. The summed E-state index contributed by atoms with van der Waals surface area (Å²) in [6.45, 7) is 2.14. The van der Waals surface area contributed by atoms with Crippen molar-refractivity contribution >= 4 is 0 Å². The summed E-state index contributed by atoms with van der Waals surface area (Å²) in [6, 6.07) is 7.74. The Labute approximate surface area is 109 Å². The Balaban J connectivity index is 1.98. The monoisotopic (exact) mass is 249 g/mol. The van der Waals surface area contributed by atoms with Crippen LogP contribution in [0.5, 0.6) is 5.75 Å². The maximum absolute atomic E-state index is 10.3. The molecule has 1 aliphatic rings. The van der Waals surface area contributed by atoms with Gasteiger partial charge in [0.15, 0.2) is 0 Å². The van der Waals surface area contributed by atoms with E-state index in [1.54, 1.807) is 7.11 Å². The van der Waals surface area contributed by atoms with E-state index in [-0.39, 0.29) is 12.0 Å². The highest BCUT2D eigenvalue weighted by atomic mass is 16.5. The van der Waals surface area contributed by atoms with Gasteiger partial charge in [-0.15, -0.1) is 0 Å². The minimum absolute atomic E-state index is 0.0715. The van der Waals surface area contributed by atoms with E-state index in [0.29, 0.717) is 0 Å². The molecule has 1 fully saturated rings. The van der Waals surface area contributed by atoms with Crippen LogP contribution in [0.1, 0.15) is 44.2 Å². The lowest BCUT2D eigenvalue weighted by molar-refractivity contribution is 0.113. The Hall–Kier alpha value is -1.06. The Morgan fingerprint density at radius 3 is 2.67 bits per heavy atom. The number of aliphatic hydroxyl groups is 1. The van der Waals surface area contributed by atoms with Crippen LogP contribution in [0.3, 0.4) is 0 Å². The molecule has 0 saturated heterocycles. The summed E-state index contributed by atoms with van der Waals surface area (Å²) < 4.78 is 5.13. The number of rotatable bonds is 6. The first-order chi connectivity index (χ1) is 8.60. The van der Waals surface area contributed by atoms with Gasteiger partial charge < -0.3 is 15.6 Å². The molecule has 3 nitrogen and oxygen atoms in total. The third-order valence-corrected chi connectivity index (χ3v) is 4.00. The summed E-state index contributed by atoms with van der Waals surface area (Å²) in [4.78, 5) is 0. The third-order valence-electron chi connectivity index (χ3n) is 4.00. The van der Waals surface area contributed by atoms with Crippen LogP contribution in [-0.4, -0.2) is 17.8 Å². The van der Waals surface area contributed by atoms with Crippen molar-refractivity contribution in [1.29, 1.82) is 0 Å². The molecule has 1 aromatic rings. The van der Waals surface area contributed by atoms with E-state index in [1.807, 2.05) is 24.3 Å². The highest BCUT2D eigenvalue weighted by molar-refractivity contribution is 5.31. The van der Waals surface area contributed by atoms with E-state index in [9.17, 15) is 5.11 Å². The average Bonchev–Trinajstić information content (AvgIpc) is 3.08. The van der Waals surface area contributed by atoms with Crippen molar-refractivity contribution in [1.82, 2.24) is 0 Å². The summed E-state index contributed by atoms with van der Waals surface area (Å²) in [5, 5.41) is 10.3. The van der Waals surface area contributed by atoms with Crippen molar-refractivity contribution in [3.8, 4) is 5.75 Å². The van der Waals surface area contributed by atoms with Crippen molar-refractivity contribution < 1.29 is 9.84 Å². The predicted molar refractivity (Wildman–Crippen MR) is 72.5 cm³/mol. The summed E-state index contributed by atoms with van der Waals surface area (Å²) in [5.41, 5.74) is 6.80. The van der Waals surface area contributed by atoms with E-state index in [2.05, 4.69) is 6.92 Å². The Bertz CT molecular complexity index is 390. The van der Waals surface area contributed by atoms with Gasteiger partial charge in [0, 0.05) is 12.0 Å². The quantitative estimate of drug-likeness (QED) is 0.815. The fourth-order valence-corrected chi connectivity index (χ4v) is 2.61. The molecule has 0 bridgehead atoms. The highest BCUT2D eigenvalue weighted by Crippen LogP contribution is 2.52. The van der Waals surface area contributed by atoms with Crippen molar-refractivity contribution in [3.05, 3.63) is 29.8 Å². The van der Waals surface area contributed by atoms with Gasteiger partial charge in [-0.2, -0.15) is 0 Å². The van der Waals surface area contributed by atoms with Gasteiger partial charge >= 0.3 is 0 Å². The predicted octanol–water partition coefficient (Wildman–Crippen LogP) is 2.64. The topological polar surface area (TPSA) is 55.5 Å². The maximum atomic E-state index is 10.3. The van der Waals surface area contributed by atoms with Crippen molar-refractivity contribution in [2.24, 2.45) is 11.7 Å². The minimum atomic E-state index is -0.518. The van der Waals surface area contributed by atoms with Crippen LogP contribution in [0.15, 0.2) is 24.3 Å². The van der Waals surface area contributed by atoms with Gasteiger partial charge in [0.2, 0.25) is 0 Å². The van der Waals surface area contributed by atoms with E-state index in [1.165, 1.54) is 0 Å². The molecule has 1 aromatic carbocycles. The van der Waals surface area contributed by atoms with Gasteiger partial charge in [-0.3, -0.25) is 0 Å². The Kier molecular flexibility index (Phi) is 3.93. The molecule has 1 saturated carbocycles. The number of methoxy groups -OCH3 is 1. The SMILES string of the molecule is CCCC[C@@]1(O)C[C@@H]1C(N)c1ccc(OC)cc1. The molecule has 0 heterocycles. The summed E-state index contributed by atoms with van der Waals surface area (Å²) in [6.07, 6.45) is 3.90. The average molecular weight is 249 g/mol. The van der Waals surface area contributed by atoms with Crippen LogP contribution in [-0.2, 0) is 0 Å². The molecular weight excluding hydrogens is 226 g/mol. The minimum Gasteiger partial charge on any atom is -0.497 e. The van der Waals surface area contributed by atoms with E-state index in [0.717, 1.165) is 37.0 Å². The number of nitrogens with two attached hydrogens (primary N) is 1. The van der Waals surface area contributed by atoms with Gasteiger partial charge in [-0.05, 0) is 30.5 Å². The molecule has 3 N–H and O–H groups in total. The second kappa shape index (κ2) is 5.29. The van der Waals surface area contributed by atoms with Crippen LogP contribution in [0.2, 0.25) is 0 Å². The standard InChI is InChI=1S/C15H23NO2/c1-3-4-9-15(17)10-13(15)14(16)11-5-7-12(18-2)8-6-11/h5-8,13-14,17H,3-4,9-10,16H2,1-2H3/t13-,14?,15-/m1/s1. The molecule has 18 heavy (non-hydrogen) atoms. The first kappa shape index (κ1) is 13.4. The zero-order valence-corrected chi connectivity index (χ0v) is 11.2. The lowest BCUT2D eigenvalue weighted by atomic mass is 9.99. The number of hydrogen-bond donors (Lipinski definition) is 2. The number of ether oxygens (including phenoxy) is 1. The van der Waals surface area contributed by atoms with Crippen LogP contribution < -0.4 is 10.5 Å². The lowest BCUT2D eigenvalue weighted by Gasteiger charge is -2.16. The highest BCUT2D eigenvalue weighted by Gasteiger charge is 2.55. The smallest absolute Gasteiger partial charge is 0.118 e. The van der Waals surface area contributed by atoms with Crippen molar-refractivity contribution in [2.75, 3.05) is 7.11 Å². The van der Waals surface area contributed by atoms with Gasteiger partial charge in [-0.1, -0.05) is 31.9 Å². The number of benzene rings is 1. The van der Waals surface area contributed by atoms with E-state index >= 15 is 0 Å². The molecule has 0 aliphatic heterocycles. The molecule has 0 spiro atoms. The van der Waals surface area contributed by atoms with E-state index < -0.39 is 5.60 Å². The normalized spacial score (nSPS) is 27.9. The fourth-order valence-electron chi connectivity index (χ4n) is 2.61. The van der Waals surface area contributed by atoms with Crippen LogP contribution >= 0.6 is 0 Å². The molecule has 0 amide bonds. The summed E-state index contributed by atoms with van der Waals surface area (Å²) >= 11 is 0. The first-order valence-corrected chi connectivity index (χ1v) is 6.72. The van der Waals surface area contributed by atoms with Crippen molar-refractivity contribution in [3.63, 3.8) is 0 Å². The van der Waals surface area contributed by atoms with Crippen LogP contribution in [0, 0.1) is 5.92 Å². The second-order valence-electron chi connectivity index (χ2n) is 5.32. The lowest BCUT2D eigenvalue weighted by Crippen LogP contribution is -2.21. The van der Waals surface area contributed by atoms with Crippen LogP contribution in [0.4, 0.5) is 0 Å². The largest absolute Gasteiger partial charge is 0.497 e. The molecular formula is C15H23NO2. The third kappa shape index (κ3) is 2.68. The first-order valence-electron chi connectivity index (χ1n) is 6.72. The molecule has 2 rings (SSSR count). The maximum Gasteiger partial charge on any atom is 0.118 e. The fraction of sp³-hybridized carbons (Fsp3) is 0.600. The molecule has 0 radical (unpaired) electrons. The van der Waals surface area contributed by atoms with Gasteiger partial charge in [0.1, 0.15) is 5.75 Å². The van der Waals surface area contributed by atoms with Gasteiger partial charge in [0.05, 0.1) is 12.7 Å². The van der Waals surface area contributed by atoms with Gasteiger partial charge in [0.25, 0.3) is 0 Å². The second-order valence-corrected chi connectivity index (χ2v) is 5.32. The van der Waals surface area contributed by atoms with Crippen molar-refractivity contribution in [2.45, 2.75) is 44.2 Å². The molecule has 3 atom stereocenters.